The molecule has 2 heterocycles. The average Bonchev–Trinajstić information content (AvgIpc) is 2.85. The maximum Gasteiger partial charge on any atom is 0.0534 e. The minimum atomic E-state index is 0.478. The molecule has 100 valence electrons. The van der Waals surface area contributed by atoms with Gasteiger partial charge in [0.15, 0.2) is 0 Å². The summed E-state index contributed by atoms with van der Waals surface area (Å²) < 4.78 is 2.00. The summed E-state index contributed by atoms with van der Waals surface area (Å²) in [6.07, 6.45) is 4.00. The van der Waals surface area contributed by atoms with Crippen LogP contribution in [0.15, 0.2) is 36.7 Å². The highest BCUT2D eigenvalue weighted by Gasteiger charge is 2.19. The highest BCUT2D eigenvalue weighted by Crippen LogP contribution is 2.31. The van der Waals surface area contributed by atoms with Crippen molar-refractivity contribution in [2.45, 2.75) is 25.3 Å². The van der Waals surface area contributed by atoms with E-state index < -0.39 is 0 Å². The number of nitrogens with zero attached hydrogens (tertiary/aromatic N) is 2. The van der Waals surface area contributed by atoms with E-state index in [0.29, 0.717) is 6.04 Å². The van der Waals surface area contributed by atoms with Gasteiger partial charge in [-0.3, -0.25) is 4.68 Å². The molecule has 3 nitrogen and oxygen atoms in total. The van der Waals surface area contributed by atoms with Gasteiger partial charge in [-0.15, -0.1) is 0 Å². The summed E-state index contributed by atoms with van der Waals surface area (Å²) in [7, 11) is 0. The van der Waals surface area contributed by atoms with Gasteiger partial charge in [0.25, 0.3) is 0 Å². The fourth-order valence-electron chi connectivity index (χ4n) is 2.49. The van der Waals surface area contributed by atoms with Crippen molar-refractivity contribution in [2.75, 3.05) is 12.3 Å². The third kappa shape index (κ3) is 3.01. The Morgan fingerprint density at radius 2 is 2.32 bits per heavy atom. The van der Waals surface area contributed by atoms with Crippen LogP contribution in [-0.2, 0) is 12.3 Å². The highest BCUT2D eigenvalue weighted by atomic mass is 32.2. The summed E-state index contributed by atoms with van der Waals surface area (Å²) in [6.45, 7) is 3.96. The number of rotatable bonds is 4. The molecule has 0 aliphatic carbocycles. The molecule has 1 aliphatic rings. The van der Waals surface area contributed by atoms with E-state index in [1.54, 1.807) is 0 Å². The SMILES string of the molecule is Cc1cnn(CCNC2CSCc3ccccc32)c1. The van der Waals surface area contributed by atoms with Gasteiger partial charge in [-0.05, 0) is 23.6 Å². The van der Waals surface area contributed by atoms with Crippen LogP contribution in [0.3, 0.4) is 0 Å². The molecule has 1 atom stereocenters. The Labute approximate surface area is 118 Å². The molecule has 0 fully saturated rings. The largest absolute Gasteiger partial charge is 0.307 e. The first-order valence-electron chi connectivity index (χ1n) is 6.71. The van der Waals surface area contributed by atoms with Crippen LogP contribution in [0.5, 0.6) is 0 Å². The number of benzene rings is 1. The Kier molecular flexibility index (Phi) is 3.89. The molecule has 0 saturated heterocycles. The Morgan fingerprint density at radius 3 is 3.16 bits per heavy atom. The zero-order valence-electron chi connectivity index (χ0n) is 11.2. The summed E-state index contributed by atoms with van der Waals surface area (Å²) in [6, 6.07) is 9.25. The van der Waals surface area contributed by atoms with Crippen molar-refractivity contribution in [3.63, 3.8) is 0 Å². The molecule has 0 saturated carbocycles. The van der Waals surface area contributed by atoms with Crippen LogP contribution in [0.25, 0.3) is 0 Å². The molecule has 4 heteroatoms. The van der Waals surface area contributed by atoms with E-state index in [-0.39, 0.29) is 0 Å². The van der Waals surface area contributed by atoms with Gasteiger partial charge in [-0.1, -0.05) is 24.3 Å². The normalized spacial score (nSPS) is 18.3. The van der Waals surface area contributed by atoms with Crippen molar-refractivity contribution in [1.29, 1.82) is 0 Å². The van der Waals surface area contributed by atoms with E-state index in [2.05, 4.69) is 47.8 Å². The van der Waals surface area contributed by atoms with Gasteiger partial charge in [-0.25, -0.2) is 0 Å². The summed E-state index contributed by atoms with van der Waals surface area (Å²) in [5, 5.41) is 7.97. The van der Waals surface area contributed by atoms with Crippen molar-refractivity contribution < 1.29 is 0 Å². The number of hydrogen-bond acceptors (Lipinski definition) is 3. The summed E-state index contributed by atoms with van der Waals surface area (Å²) in [4.78, 5) is 0. The van der Waals surface area contributed by atoms with Crippen LogP contribution in [0.2, 0.25) is 0 Å². The number of aryl methyl sites for hydroxylation is 1. The third-order valence-corrected chi connectivity index (χ3v) is 4.55. The number of fused-ring (bicyclic) bond motifs is 1. The second kappa shape index (κ2) is 5.80. The molecule has 1 aliphatic heterocycles. The maximum absolute atomic E-state index is 4.31. The maximum atomic E-state index is 4.31. The zero-order valence-corrected chi connectivity index (χ0v) is 12.0. The molecule has 0 amide bonds. The van der Waals surface area contributed by atoms with Gasteiger partial charge >= 0.3 is 0 Å². The highest BCUT2D eigenvalue weighted by molar-refractivity contribution is 7.98. The summed E-state index contributed by atoms with van der Waals surface area (Å²) >= 11 is 2.01. The second-order valence-corrected chi connectivity index (χ2v) is 6.03. The van der Waals surface area contributed by atoms with Crippen molar-refractivity contribution in [3.8, 4) is 0 Å². The molecule has 19 heavy (non-hydrogen) atoms. The van der Waals surface area contributed by atoms with Crippen molar-refractivity contribution in [1.82, 2.24) is 15.1 Å². The molecular formula is C15H19N3S. The van der Waals surface area contributed by atoms with E-state index in [4.69, 9.17) is 0 Å². The molecule has 0 radical (unpaired) electrons. The molecule has 3 rings (SSSR count). The Morgan fingerprint density at radius 1 is 1.42 bits per heavy atom. The quantitative estimate of drug-likeness (QED) is 0.929. The average molecular weight is 273 g/mol. The van der Waals surface area contributed by atoms with E-state index in [0.717, 1.165) is 24.6 Å². The Bertz CT molecular complexity index is 550. The van der Waals surface area contributed by atoms with Crippen LogP contribution >= 0.6 is 11.8 Å². The molecule has 0 spiro atoms. The predicted octanol–water partition coefficient (Wildman–Crippen LogP) is 2.77. The first-order chi connectivity index (χ1) is 9.33. The number of nitrogens with one attached hydrogen (secondary N) is 1. The van der Waals surface area contributed by atoms with E-state index >= 15 is 0 Å². The fraction of sp³-hybridized carbons (Fsp3) is 0.400. The van der Waals surface area contributed by atoms with Crippen LogP contribution < -0.4 is 5.32 Å². The topological polar surface area (TPSA) is 29.9 Å². The van der Waals surface area contributed by atoms with Crippen molar-refractivity contribution >= 4 is 11.8 Å². The lowest BCUT2D eigenvalue weighted by molar-refractivity contribution is 0.508. The summed E-state index contributed by atoms with van der Waals surface area (Å²) in [5.74, 6) is 2.31. The summed E-state index contributed by atoms with van der Waals surface area (Å²) in [5.41, 5.74) is 4.17. The zero-order chi connectivity index (χ0) is 13.1. The lowest BCUT2D eigenvalue weighted by atomic mass is 10.0. The first kappa shape index (κ1) is 12.8. The predicted molar refractivity (Wildman–Crippen MR) is 80.3 cm³/mol. The van der Waals surface area contributed by atoms with E-state index in [9.17, 15) is 0 Å². The van der Waals surface area contributed by atoms with E-state index in [1.807, 2.05) is 22.6 Å². The van der Waals surface area contributed by atoms with E-state index in [1.165, 1.54) is 16.7 Å². The molecule has 1 aromatic carbocycles. The van der Waals surface area contributed by atoms with Crippen LogP contribution in [-0.4, -0.2) is 22.1 Å². The van der Waals surface area contributed by atoms with Gasteiger partial charge in [0, 0.05) is 30.3 Å². The van der Waals surface area contributed by atoms with Crippen LogP contribution in [0.4, 0.5) is 0 Å². The van der Waals surface area contributed by atoms with Crippen molar-refractivity contribution in [2.24, 2.45) is 0 Å². The Balaban J connectivity index is 1.59. The second-order valence-electron chi connectivity index (χ2n) is 5.00. The lowest BCUT2D eigenvalue weighted by Gasteiger charge is -2.26. The third-order valence-electron chi connectivity index (χ3n) is 3.47. The monoisotopic (exact) mass is 273 g/mol. The standard InChI is InChI=1S/C15H19N3S/c1-12-8-17-18(9-12)7-6-16-15-11-19-10-13-4-2-3-5-14(13)15/h2-5,8-9,15-16H,6-7,10-11H2,1H3. The first-order valence-corrected chi connectivity index (χ1v) is 7.86. The number of thioether (sulfide) groups is 1. The molecule has 2 aromatic rings. The fourth-order valence-corrected chi connectivity index (χ4v) is 3.63. The molecular weight excluding hydrogens is 254 g/mol. The Hall–Kier alpha value is -1.26. The van der Waals surface area contributed by atoms with Gasteiger partial charge in [0.05, 0.1) is 12.7 Å². The van der Waals surface area contributed by atoms with Crippen molar-refractivity contribution in [3.05, 3.63) is 53.3 Å². The molecule has 0 bridgehead atoms. The van der Waals surface area contributed by atoms with Gasteiger partial charge in [0.1, 0.15) is 0 Å². The van der Waals surface area contributed by atoms with Gasteiger partial charge < -0.3 is 5.32 Å². The number of aromatic nitrogens is 2. The molecule has 1 aromatic heterocycles. The van der Waals surface area contributed by atoms with Crippen LogP contribution in [0, 0.1) is 6.92 Å². The minimum Gasteiger partial charge on any atom is -0.307 e. The lowest BCUT2D eigenvalue weighted by Crippen LogP contribution is -2.29. The van der Waals surface area contributed by atoms with Gasteiger partial charge in [-0.2, -0.15) is 16.9 Å². The number of hydrogen-bond donors (Lipinski definition) is 1. The molecule has 1 unspecified atom stereocenters. The molecule has 1 N–H and O–H groups in total. The minimum absolute atomic E-state index is 0.478. The smallest absolute Gasteiger partial charge is 0.0534 e. The van der Waals surface area contributed by atoms with Gasteiger partial charge in [0.2, 0.25) is 0 Å². The van der Waals surface area contributed by atoms with Crippen LogP contribution in [0.1, 0.15) is 22.7 Å².